The van der Waals surface area contributed by atoms with Gasteiger partial charge in [0.1, 0.15) is 5.75 Å². The molecule has 0 saturated carbocycles. The summed E-state index contributed by atoms with van der Waals surface area (Å²) in [5.41, 5.74) is 6.05. The molecule has 0 bridgehead atoms. The molecule has 0 radical (unpaired) electrons. The molecule has 1 rings (SSSR count). The number of aliphatic hydroxyl groups excluding tert-OH is 1. The van der Waals surface area contributed by atoms with Crippen LogP contribution in [0.25, 0.3) is 0 Å². The normalized spacial score (nSPS) is 12.6. The third-order valence-electron chi connectivity index (χ3n) is 2.00. The predicted molar refractivity (Wildman–Crippen MR) is 56.6 cm³/mol. The minimum Gasteiger partial charge on any atom is -0.495 e. The van der Waals surface area contributed by atoms with Crippen molar-refractivity contribution in [3.05, 3.63) is 28.8 Å². The van der Waals surface area contributed by atoms with Gasteiger partial charge in [0, 0.05) is 5.56 Å². The van der Waals surface area contributed by atoms with Gasteiger partial charge in [-0.25, -0.2) is 0 Å². The molecule has 3 N–H and O–H groups in total. The summed E-state index contributed by atoms with van der Waals surface area (Å²) >= 11 is 5.91. The Kier molecular flexibility index (Phi) is 4.20. The van der Waals surface area contributed by atoms with Crippen molar-refractivity contribution >= 4 is 11.6 Å². The minimum atomic E-state index is -0.617. The average Bonchev–Trinajstić information content (AvgIpc) is 2.17. The van der Waals surface area contributed by atoms with Crippen molar-refractivity contribution in [2.75, 3.05) is 13.7 Å². The number of hydrogen-bond acceptors (Lipinski definition) is 3. The highest BCUT2D eigenvalue weighted by molar-refractivity contribution is 6.32. The molecule has 1 aromatic carbocycles. The fraction of sp³-hybridized carbons (Fsp3) is 0.400. The largest absolute Gasteiger partial charge is 0.495 e. The number of para-hydroxylation sites is 1. The number of benzene rings is 1. The molecule has 78 valence electrons. The van der Waals surface area contributed by atoms with Crippen molar-refractivity contribution in [3.8, 4) is 5.75 Å². The highest BCUT2D eigenvalue weighted by Crippen LogP contribution is 2.33. The van der Waals surface area contributed by atoms with Crippen LogP contribution in [0.3, 0.4) is 0 Å². The summed E-state index contributed by atoms with van der Waals surface area (Å²) in [6.45, 7) is 0.427. The molecule has 0 aliphatic rings. The standard InChI is InChI=1S/C10H14ClNO2/c1-14-10-7(9(13)5-6-12)3-2-4-8(10)11/h2-4,9,13H,5-6,12H2,1H3/t9-/m1/s1. The van der Waals surface area contributed by atoms with Gasteiger partial charge in [0.2, 0.25) is 0 Å². The van der Waals surface area contributed by atoms with E-state index in [2.05, 4.69) is 0 Å². The molecule has 0 unspecified atom stereocenters. The van der Waals surface area contributed by atoms with Crippen LogP contribution in [0.4, 0.5) is 0 Å². The first-order chi connectivity index (χ1) is 6.70. The zero-order valence-electron chi connectivity index (χ0n) is 8.03. The van der Waals surface area contributed by atoms with Gasteiger partial charge in [0.05, 0.1) is 18.2 Å². The smallest absolute Gasteiger partial charge is 0.143 e. The van der Waals surface area contributed by atoms with Gasteiger partial charge < -0.3 is 15.6 Å². The van der Waals surface area contributed by atoms with E-state index >= 15 is 0 Å². The van der Waals surface area contributed by atoms with Gasteiger partial charge >= 0.3 is 0 Å². The average molecular weight is 216 g/mol. The van der Waals surface area contributed by atoms with E-state index in [0.717, 1.165) is 0 Å². The molecular weight excluding hydrogens is 202 g/mol. The molecule has 0 fully saturated rings. The van der Waals surface area contributed by atoms with Crippen molar-refractivity contribution in [1.82, 2.24) is 0 Å². The van der Waals surface area contributed by atoms with E-state index in [1.54, 1.807) is 18.2 Å². The predicted octanol–water partition coefficient (Wildman–Crippen LogP) is 1.73. The summed E-state index contributed by atoms with van der Waals surface area (Å²) < 4.78 is 5.11. The SMILES string of the molecule is COc1c(Cl)cccc1[C@H](O)CCN. The van der Waals surface area contributed by atoms with Crippen LogP contribution in [0, 0.1) is 0 Å². The number of ether oxygens (including phenoxy) is 1. The maximum absolute atomic E-state index is 9.74. The molecule has 14 heavy (non-hydrogen) atoms. The summed E-state index contributed by atoms with van der Waals surface area (Å²) in [5, 5.41) is 10.2. The number of hydrogen-bond donors (Lipinski definition) is 2. The second-order valence-electron chi connectivity index (χ2n) is 2.96. The third-order valence-corrected chi connectivity index (χ3v) is 2.30. The van der Waals surface area contributed by atoms with Gasteiger partial charge in [-0.3, -0.25) is 0 Å². The first-order valence-corrected chi connectivity index (χ1v) is 4.79. The van der Waals surface area contributed by atoms with Gasteiger partial charge in [-0.15, -0.1) is 0 Å². The lowest BCUT2D eigenvalue weighted by Gasteiger charge is -2.14. The molecule has 4 heteroatoms. The Hall–Kier alpha value is -0.770. The molecule has 0 aliphatic carbocycles. The highest BCUT2D eigenvalue weighted by Gasteiger charge is 2.14. The Morgan fingerprint density at radius 2 is 2.29 bits per heavy atom. The van der Waals surface area contributed by atoms with E-state index in [-0.39, 0.29) is 0 Å². The van der Waals surface area contributed by atoms with Crippen molar-refractivity contribution in [1.29, 1.82) is 0 Å². The molecule has 0 aliphatic heterocycles. The van der Waals surface area contributed by atoms with E-state index in [1.165, 1.54) is 7.11 Å². The zero-order valence-corrected chi connectivity index (χ0v) is 8.79. The molecule has 0 saturated heterocycles. The highest BCUT2D eigenvalue weighted by atomic mass is 35.5. The fourth-order valence-electron chi connectivity index (χ4n) is 1.32. The van der Waals surface area contributed by atoms with Gasteiger partial charge in [-0.2, -0.15) is 0 Å². The quantitative estimate of drug-likeness (QED) is 0.805. The molecule has 3 nitrogen and oxygen atoms in total. The molecule has 0 spiro atoms. The summed E-state index contributed by atoms with van der Waals surface area (Å²) in [6.07, 6.45) is -0.120. The van der Waals surface area contributed by atoms with Crippen LogP contribution in [-0.4, -0.2) is 18.8 Å². The number of halogens is 1. The van der Waals surface area contributed by atoms with Crippen molar-refractivity contribution in [2.24, 2.45) is 5.73 Å². The van der Waals surface area contributed by atoms with Crippen molar-refractivity contribution in [3.63, 3.8) is 0 Å². The Labute approximate surface area is 88.4 Å². The molecule has 0 amide bonds. The van der Waals surface area contributed by atoms with Gasteiger partial charge in [-0.1, -0.05) is 23.7 Å². The summed E-state index contributed by atoms with van der Waals surface area (Å²) in [6, 6.07) is 5.28. The summed E-state index contributed by atoms with van der Waals surface area (Å²) in [7, 11) is 1.53. The topological polar surface area (TPSA) is 55.5 Å². The monoisotopic (exact) mass is 215 g/mol. The lowest BCUT2D eigenvalue weighted by molar-refractivity contribution is 0.166. The third kappa shape index (κ3) is 2.38. The van der Waals surface area contributed by atoms with Gasteiger partial charge in [0.25, 0.3) is 0 Å². The summed E-state index contributed by atoms with van der Waals surface area (Å²) in [5.74, 6) is 0.523. The van der Waals surface area contributed by atoms with Crippen LogP contribution in [0.2, 0.25) is 5.02 Å². The summed E-state index contributed by atoms with van der Waals surface area (Å²) in [4.78, 5) is 0. The van der Waals surface area contributed by atoms with Gasteiger partial charge in [-0.05, 0) is 19.0 Å². The Morgan fingerprint density at radius 1 is 1.57 bits per heavy atom. The lowest BCUT2D eigenvalue weighted by atomic mass is 10.1. The van der Waals surface area contributed by atoms with Gasteiger partial charge in [0.15, 0.2) is 0 Å². The van der Waals surface area contributed by atoms with E-state index in [4.69, 9.17) is 22.1 Å². The first-order valence-electron chi connectivity index (χ1n) is 4.41. The van der Waals surface area contributed by atoms with Crippen molar-refractivity contribution < 1.29 is 9.84 Å². The molecule has 1 atom stereocenters. The van der Waals surface area contributed by atoms with E-state index in [0.29, 0.717) is 29.3 Å². The number of methoxy groups -OCH3 is 1. The van der Waals surface area contributed by atoms with Crippen LogP contribution in [0.15, 0.2) is 18.2 Å². The van der Waals surface area contributed by atoms with Crippen LogP contribution < -0.4 is 10.5 Å². The minimum absolute atomic E-state index is 0.427. The zero-order chi connectivity index (χ0) is 10.6. The number of rotatable bonds is 4. The molecular formula is C10H14ClNO2. The Bertz CT molecular complexity index is 304. The van der Waals surface area contributed by atoms with E-state index in [1.807, 2.05) is 0 Å². The maximum Gasteiger partial charge on any atom is 0.143 e. The fourth-order valence-corrected chi connectivity index (χ4v) is 1.58. The van der Waals surface area contributed by atoms with Crippen LogP contribution in [0.5, 0.6) is 5.75 Å². The number of nitrogens with two attached hydrogens (primary N) is 1. The van der Waals surface area contributed by atoms with E-state index in [9.17, 15) is 5.11 Å². The second-order valence-corrected chi connectivity index (χ2v) is 3.36. The molecule has 0 aromatic heterocycles. The van der Waals surface area contributed by atoms with Crippen LogP contribution in [0.1, 0.15) is 18.1 Å². The maximum atomic E-state index is 9.74. The van der Waals surface area contributed by atoms with Crippen molar-refractivity contribution in [2.45, 2.75) is 12.5 Å². The first kappa shape index (κ1) is 11.3. The molecule has 0 heterocycles. The second kappa shape index (κ2) is 5.20. The van der Waals surface area contributed by atoms with Crippen LogP contribution >= 0.6 is 11.6 Å². The lowest BCUT2D eigenvalue weighted by Crippen LogP contribution is -2.08. The number of aliphatic hydroxyl groups is 1. The van der Waals surface area contributed by atoms with Crippen LogP contribution in [-0.2, 0) is 0 Å². The Morgan fingerprint density at radius 3 is 2.86 bits per heavy atom. The Balaban J connectivity index is 3.00. The van der Waals surface area contributed by atoms with E-state index < -0.39 is 6.10 Å². The molecule has 1 aromatic rings.